The molecule has 0 bridgehead atoms. The van der Waals surface area contributed by atoms with Crippen LogP contribution >= 0.6 is 0 Å². The van der Waals surface area contributed by atoms with Crippen LogP contribution < -0.4 is 4.72 Å². The van der Waals surface area contributed by atoms with Gasteiger partial charge in [-0.15, -0.1) is 0 Å². The van der Waals surface area contributed by atoms with Crippen molar-refractivity contribution in [2.45, 2.75) is 18.2 Å². The summed E-state index contributed by atoms with van der Waals surface area (Å²) in [5, 5.41) is 8.96. The minimum atomic E-state index is -3.91. The Labute approximate surface area is 121 Å². The van der Waals surface area contributed by atoms with Gasteiger partial charge < -0.3 is 5.11 Å². The number of anilines is 1. The fourth-order valence-corrected chi connectivity index (χ4v) is 2.68. The van der Waals surface area contributed by atoms with E-state index in [-0.39, 0.29) is 10.7 Å². The number of benzene rings is 1. The molecule has 0 aliphatic heterocycles. The zero-order chi connectivity index (χ0) is 15.5. The van der Waals surface area contributed by atoms with E-state index in [1.165, 1.54) is 24.5 Å². The normalized spacial score (nSPS) is 11.1. The quantitative estimate of drug-likeness (QED) is 0.867. The topological polar surface area (TPSA) is 109 Å². The van der Waals surface area contributed by atoms with E-state index in [0.29, 0.717) is 0 Å². The van der Waals surface area contributed by atoms with E-state index in [1.807, 2.05) is 6.92 Å². The number of aryl methyl sites for hydroxylation is 1. The lowest BCUT2D eigenvalue weighted by molar-refractivity contribution is 0.0691. The number of hydrogen-bond acceptors (Lipinski definition) is 5. The number of nitrogens with one attached hydrogen (secondary N) is 1. The molecule has 7 nitrogen and oxygen atoms in total. The molecule has 0 spiro atoms. The van der Waals surface area contributed by atoms with Gasteiger partial charge in [0, 0.05) is 12.4 Å². The van der Waals surface area contributed by atoms with E-state index in [9.17, 15) is 13.2 Å². The third kappa shape index (κ3) is 3.34. The van der Waals surface area contributed by atoms with Gasteiger partial charge in [-0.25, -0.2) is 23.2 Å². The number of carboxylic acid groups (broad SMARTS) is 1. The molecule has 0 atom stereocenters. The summed E-state index contributed by atoms with van der Waals surface area (Å²) in [6.07, 6.45) is 3.18. The van der Waals surface area contributed by atoms with Crippen LogP contribution in [0.5, 0.6) is 0 Å². The minimum Gasteiger partial charge on any atom is -0.476 e. The fraction of sp³-hybridized carbons (Fsp3) is 0.154. The average Bonchev–Trinajstić information content (AvgIpc) is 2.47. The van der Waals surface area contributed by atoms with Crippen molar-refractivity contribution in [3.05, 3.63) is 47.9 Å². The monoisotopic (exact) mass is 307 g/mol. The van der Waals surface area contributed by atoms with Crippen LogP contribution in [-0.2, 0) is 16.4 Å². The maximum atomic E-state index is 12.2. The molecule has 1 aromatic carbocycles. The molecular formula is C13H13N3O4S. The third-order valence-electron chi connectivity index (χ3n) is 2.77. The van der Waals surface area contributed by atoms with Crippen LogP contribution in [0, 0.1) is 0 Å². The number of rotatable bonds is 5. The van der Waals surface area contributed by atoms with Crippen LogP contribution in [0.15, 0.2) is 41.6 Å². The van der Waals surface area contributed by atoms with Crippen LogP contribution in [0.1, 0.15) is 23.0 Å². The van der Waals surface area contributed by atoms with Crippen molar-refractivity contribution in [1.29, 1.82) is 0 Å². The Bertz CT molecular complexity index is 757. The molecule has 110 valence electrons. The lowest BCUT2D eigenvalue weighted by Gasteiger charge is -2.09. The molecule has 21 heavy (non-hydrogen) atoms. The third-order valence-corrected chi connectivity index (χ3v) is 4.13. The zero-order valence-electron chi connectivity index (χ0n) is 11.1. The standard InChI is InChI=1S/C13H13N3O4S/c1-2-9-3-5-10(6-4-9)21(19,20)16-12-11(13(17)18)14-7-8-15-12/h3-8H,2H2,1H3,(H,15,16)(H,17,18). The summed E-state index contributed by atoms with van der Waals surface area (Å²) in [4.78, 5) is 18.3. The summed E-state index contributed by atoms with van der Waals surface area (Å²) in [5.74, 6) is -1.67. The minimum absolute atomic E-state index is 0.0293. The van der Waals surface area contributed by atoms with Gasteiger partial charge in [-0.1, -0.05) is 19.1 Å². The van der Waals surface area contributed by atoms with Crippen molar-refractivity contribution < 1.29 is 18.3 Å². The Morgan fingerprint density at radius 2 is 1.81 bits per heavy atom. The molecule has 0 fully saturated rings. The molecule has 2 N–H and O–H groups in total. The van der Waals surface area contributed by atoms with Gasteiger partial charge in [0.15, 0.2) is 11.5 Å². The van der Waals surface area contributed by atoms with Crippen molar-refractivity contribution in [2.75, 3.05) is 4.72 Å². The predicted molar refractivity (Wildman–Crippen MR) is 75.6 cm³/mol. The summed E-state index contributed by atoms with van der Waals surface area (Å²) >= 11 is 0. The van der Waals surface area contributed by atoms with Gasteiger partial charge in [0.25, 0.3) is 10.0 Å². The van der Waals surface area contributed by atoms with Crippen LogP contribution in [0.25, 0.3) is 0 Å². The second-order valence-electron chi connectivity index (χ2n) is 4.16. The molecule has 8 heteroatoms. The molecule has 0 radical (unpaired) electrons. The molecule has 0 unspecified atom stereocenters. The van der Waals surface area contributed by atoms with E-state index in [0.717, 1.165) is 12.0 Å². The van der Waals surface area contributed by atoms with Gasteiger partial charge in [-0.2, -0.15) is 0 Å². The number of nitrogens with zero attached hydrogens (tertiary/aromatic N) is 2. The highest BCUT2D eigenvalue weighted by molar-refractivity contribution is 7.92. The van der Waals surface area contributed by atoms with E-state index < -0.39 is 21.7 Å². The summed E-state index contributed by atoms with van der Waals surface area (Å²) in [6.45, 7) is 1.96. The van der Waals surface area contributed by atoms with Crippen molar-refractivity contribution >= 4 is 21.8 Å². The number of hydrogen-bond donors (Lipinski definition) is 2. The average molecular weight is 307 g/mol. The van der Waals surface area contributed by atoms with Crippen molar-refractivity contribution in [1.82, 2.24) is 9.97 Å². The highest BCUT2D eigenvalue weighted by Gasteiger charge is 2.20. The molecule has 0 saturated heterocycles. The van der Waals surface area contributed by atoms with E-state index >= 15 is 0 Å². The highest BCUT2D eigenvalue weighted by atomic mass is 32.2. The first-order valence-electron chi connectivity index (χ1n) is 6.10. The van der Waals surface area contributed by atoms with Gasteiger partial charge in [0.1, 0.15) is 0 Å². The molecule has 1 heterocycles. The van der Waals surface area contributed by atoms with Gasteiger partial charge >= 0.3 is 5.97 Å². The molecule has 0 aliphatic rings. The van der Waals surface area contributed by atoms with Crippen molar-refractivity contribution in [3.63, 3.8) is 0 Å². The SMILES string of the molecule is CCc1ccc(S(=O)(=O)Nc2nccnc2C(=O)O)cc1. The van der Waals surface area contributed by atoms with Crippen LogP contribution in [-0.4, -0.2) is 29.5 Å². The predicted octanol–water partition coefficient (Wildman–Crippen LogP) is 1.54. The summed E-state index contributed by atoms with van der Waals surface area (Å²) in [7, 11) is -3.91. The van der Waals surface area contributed by atoms with Crippen LogP contribution in [0.2, 0.25) is 0 Å². The molecular weight excluding hydrogens is 294 g/mol. The Morgan fingerprint density at radius 3 is 2.38 bits per heavy atom. The number of aromatic carboxylic acids is 1. The Hall–Kier alpha value is -2.48. The Kier molecular flexibility index (Phi) is 4.18. The van der Waals surface area contributed by atoms with Crippen molar-refractivity contribution in [3.8, 4) is 0 Å². The zero-order valence-corrected chi connectivity index (χ0v) is 12.0. The van der Waals surface area contributed by atoms with E-state index in [2.05, 4.69) is 14.7 Å². The second kappa shape index (κ2) is 5.88. The van der Waals surface area contributed by atoms with Crippen molar-refractivity contribution in [2.24, 2.45) is 0 Å². The number of sulfonamides is 1. The molecule has 2 aromatic rings. The summed E-state index contributed by atoms with van der Waals surface area (Å²) < 4.78 is 26.5. The molecule has 0 saturated carbocycles. The number of carboxylic acids is 1. The summed E-state index contributed by atoms with van der Waals surface area (Å²) in [6, 6.07) is 6.31. The van der Waals surface area contributed by atoms with Gasteiger partial charge in [-0.3, -0.25) is 4.72 Å². The lowest BCUT2D eigenvalue weighted by Crippen LogP contribution is -2.17. The van der Waals surface area contributed by atoms with Gasteiger partial charge in [0.05, 0.1) is 4.90 Å². The number of carbonyl (C=O) groups is 1. The maximum Gasteiger partial charge on any atom is 0.358 e. The Morgan fingerprint density at radius 1 is 1.19 bits per heavy atom. The first-order chi connectivity index (χ1) is 9.94. The molecule has 1 aromatic heterocycles. The van der Waals surface area contributed by atoms with Gasteiger partial charge in [0.2, 0.25) is 0 Å². The summed E-state index contributed by atoms with van der Waals surface area (Å²) in [5.41, 5.74) is 0.547. The first-order valence-corrected chi connectivity index (χ1v) is 7.58. The molecule has 0 amide bonds. The second-order valence-corrected chi connectivity index (χ2v) is 5.84. The molecule has 2 rings (SSSR count). The first kappa shape index (κ1) is 14.9. The van der Waals surface area contributed by atoms with Crippen LogP contribution in [0.3, 0.4) is 0 Å². The fourth-order valence-electron chi connectivity index (χ4n) is 1.66. The smallest absolute Gasteiger partial charge is 0.358 e. The lowest BCUT2D eigenvalue weighted by atomic mass is 10.2. The largest absolute Gasteiger partial charge is 0.476 e. The van der Waals surface area contributed by atoms with E-state index in [4.69, 9.17) is 5.11 Å². The van der Waals surface area contributed by atoms with Gasteiger partial charge in [-0.05, 0) is 24.1 Å². The maximum absolute atomic E-state index is 12.2. The number of aromatic nitrogens is 2. The van der Waals surface area contributed by atoms with E-state index in [1.54, 1.807) is 12.1 Å². The van der Waals surface area contributed by atoms with Crippen LogP contribution in [0.4, 0.5) is 5.82 Å². The highest BCUT2D eigenvalue weighted by Crippen LogP contribution is 2.17. The Balaban J connectivity index is 2.35. The molecule has 0 aliphatic carbocycles.